The lowest BCUT2D eigenvalue weighted by Crippen LogP contribution is -2.36. The van der Waals surface area contributed by atoms with Gasteiger partial charge < -0.3 is 10.8 Å². The van der Waals surface area contributed by atoms with Crippen molar-refractivity contribution < 1.29 is 5.11 Å². The molecule has 0 amide bonds. The molecule has 0 aliphatic carbocycles. The molecule has 3 heteroatoms. The second-order valence-corrected chi connectivity index (χ2v) is 3.96. The summed E-state index contributed by atoms with van der Waals surface area (Å²) in [6.07, 6.45) is 0.875. The normalized spacial score (nSPS) is 36.0. The third kappa shape index (κ3) is 2.77. The molecule has 1 fully saturated rings. The fourth-order valence-corrected chi connectivity index (χ4v) is 1.60. The highest BCUT2D eigenvalue weighted by atomic mass is 16.3. The van der Waals surface area contributed by atoms with Crippen molar-refractivity contribution in [2.45, 2.75) is 31.9 Å². The van der Waals surface area contributed by atoms with Crippen molar-refractivity contribution in [2.75, 3.05) is 19.6 Å². The molecule has 0 aromatic rings. The number of hydrogen-bond acceptors (Lipinski definition) is 3. The Hall–Kier alpha value is -0.120. The van der Waals surface area contributed by atoms with Crippen molar-refractivity contribution in [2.24, 2.45) is 5.73 Å². The summed E-state index contributed by atoms with van der Waals surface area (Å²) >= 11 is 0. The predicted molar refractivity (Wildman–Crippen MR) is 45.3 cm³/mol. The molecule has 66 valence electrons. The Morgan fingerprint density at radius 3 is 2.73 bits per heavy atom. The number of hydrogen-bond donors (Lipinski definition) is 2. The monoisotopic (exact) mass is 158 g/mol. The summed E-state index contributed by atoms with van der Waals surface area (Å²) in [6.45, 7) is 6.53. The van der Waals surface area contributed by atoms with Crippen LogP contribution in [-0.4, -0.2) is 41.3 Å². The molecule has 0 aromatic carbocycles. The van der Waals surface area contributed by atoms with Crippen molar-refractivity contribution in [3.05, 3.63) is 0 Å². The molecule has 0 bridgehead atoms. The summed E-state index contributed by atoms with van der Waals surface area (Å²) < 4.78 is 0. The molecule has 1 heterocycles. The van der Waals surface area contributed by atoms with E-state index in [1.807, 2.05) is 13.8 Å². The Morgan fingerprint density at radius 2 is 2.36 bits per heavy atom. The van der Waals surface area contributed by atoms with E-state index in [9.17, 15) is 5.11 Å². The van der Waals surface area contributed by atoms with E-state index in [2.05, 4.69) is 4.90 Å². The van der Waals surface area contributed by atoms with E-state index in [4.69, 9.17) is 5.73 Å². The summed E-state index contributed by atoms with van der Waals surface area (Å²) in [5.74, 6) is 0. The molecule has 0 saturated carbocycles. The van der Waals surface area contributed by atoms with Gasteiger partial charge in [-0.25, -0.2) is 0 Å². The number of β-amino-alcohol motifs (C(OH)–C–C–N with tert-alkyl or cyclic N) is 1. The maximum atomic E-state index is 9.60. The minimum absolute atomic E-state index is 0.212. The lowest BCUT2D eigenvalue weighted by molar-refractivity contribution is 0.0683. The highest BCUT2D eigenvalue weighted by Crippen LogP contribution is 2.19. The van der Waals surface area contributed by atoms with Gasteiger partial charge in [-0.2, -0.15) is 0 Å². The number of nitrogens with two attached hydrogens (primary N) is 1. The van der Waals surface area contributed by atoms with Crippen molar-refractivity contribution in [1.82, 2.24) is 4.90 Å². The second kappa shape index (κ2) is 3.09. The van der Waals surface area contributed by atoms with E-state index in [0.717, 1.165) is 26.1 Å². The van der Waals surface area contributed by atoms with Crippen LogP contribution in [0.2, 0.25) is 0 Å². The summed E-state index contributed by atoms with van der Waals surface area (Å²) in [5, 5.41) is 9.60. The van der Waals surface area contributed by atoms with Crippen LogP contribution in [0.1, 0.15) is 20.3 Å². The van der Waals surface area contributed by atoms with Crippen LogP contribution in [-0.2, 0) is 0 Å². The van der Waals surface area contributed by atoms with Gasteiger partial charge in [0.2, 0.25) is 0 Å². The van der Waals surface area contributed by atoms with Crippen LogP contribution >= 0.6 is 0 Å². The number of nitrogens with zero attached hydrogens (tertiary/aromatic N) is 1. The molecule has 11 heavy (non-hydrogen) atoms. The molecule has 1 rings (SSSR count). The van der Waals surface area contributed by atoms with E-state index >= 15 is 0 Å². The molecule has 0 radical (unpaired) electrons. The topological polar surface area (TPSA) is 49.5 Å². The molecule has 3 N–H and O–H groups in total. The van der Waals surface area contributed by atoms with Gasteiger partial charge in [0.25, 0.3) is 0 Å². The Balaban J connectivity index is 2.31. The summed E-state index contributed by atoms with van der Waals surface area (Å²) in [6, 6.07) is 0.212. The summed E-state index contributed by atoms with van der Waals surface area (Å²) in [7, 11) is 0. The van der Waals surface area contributed by atoms with Gasteiger partial charge in [-0.1, -0.05) is 0 Å². The highest BCUT2D eigenvalue weighted by Gasteiger charge is 2.31. The van der Waals surface area contributed by atoms with Crippen LogP contribution in [0.5, 0.6) is 0 Å². The Kier molecular flexibility index (Phi) is 2.52. The fourth-order valence-electron chi connectivity index (χ4n) is 1.60. The van der Waals surface area contributed by atoms with Gasteiger partial charge in [-0.05, 0) is 20.3 Å². The first-order chi connectivity index (χ1) is 4.99. The first-order valence-corrected chi connectivity index (χ1v) is 4.20. The van der Waals surface area contributed by atoms with Gasteiger partial charge in [-0.3, -0.25) is 4.90 Å². The Morgan fingerprint density at radius 1 is 1.73 bits per heavy atom. The van der Waals surface area contributed by atoms with Crippen LogP contribution < -0.4 is 5.73 Å². The van der Waals surface area contributed by atoms with Crippen LogP contribution in [0.25, 0.3) is 0 Å². The van der Waals surface area contributed by atoms with Crippen LogP contribution in [0.3, 0.4) is 0 Å². The minimum atomic E-state index is -0.477. The average molecular weight is 158 g/mol. The standard InChI is InChI=1S/C8H18N2O/c1-7(9)5-10-4-3-8(2,11)6-10/h7,11H,3-6,9H2,1-2H3/t7-,8-/m0/s1. The summed E-state index contributed by atoms with van der Waals surface area (Å²) in [5.41, 5.74) is 5.16. The minimum Gasteiger partial charge on any atom is -0.389 e. The molecule has 0 spiro atoms. The fraction of sp³-hybridized carbons (Fsp3) is 1.00. The zero-order chi connectivity index (χ0) is 8.48. The molecule has 0 unspecified atom stereocenters. The molecule has 3 nitrogen and oxygen atoms in total. The number of rotatable bonds is 2. The number of likely N-dealkylation sites (tertiary alicyclic amines) is 1. The van der Waals surface area contributed by atoms with Gasteiger partial charge >= 0.3 is 0 Å². The quantitative estimate of drug-likeness (QED) is 0.584. The zero-order valence-corrected chi connectivity index (χ0v) is 7.38. The van der Waals surface area contributed by atoms with Crippen molar-refractivity contribution >= 4 is 0 Å². The van der Waals surface area contributed by atoms with E-state index in [1.165, 1.54) is 0 Å². The molecule has 2 atom stereocenters. The molecule has 0 aromatic heterocycles. The maximum absolute atomic E-state index is 9.60. The van der Waals surface area contributed by atoms with E-state index < -0.39 is 5.60 Å². The van der Waals surface area contributed by atoms with E-state index in [1.54, 1.807) is 0 Å². The largest absolute Gasteiger partial charge is 0.389 e. The smallest absolute Gasteiger partial charge is 0.0758 e. The average Bonchev–Trinajstić information content (AvgIpc) is 2.08. The lowest BCUT2D eigenvalue weighted by atomic mass is 10.1. The van der Waals surface area contributed by atoms with Crippen LogP contribution in [0.4, 0.5) is 0 Å². The van der Waals surface area contributed by atoms with Gasteiger partial charge in [0, 0.05) is 25.7 Å². The zero-order valence-electron chi connectivity index (χ0n) is 7.38. The van der Waals surface area contributed by atoms with Crippen molar-refractivity contribution in [3.8, 4) is 0 Å². The molecule has 1 aliphatic rings. The molecule has 1 saturated heterocycles. The van der Waals surface area contributed by atoms with E-state index in [-0.39, 0.29) is 6.04 Å². The third-order valence-corrected chi connectivity index (χ3v) is 2.08. The second-order valence-electron chi connectivity index (χ2n) is 3.96. The van der Waals surface area contributed by atoms with Crippen LogP contribution in [0.15, 0.2) is 0 Å². The molecule has 1 aliphatic heterocycles. The first-order valence-electron chi connectivity index (χ1n) is 4.20. The Labute approximate surface area is 68.2 Å². The van der Waals surface area contributed by atoms with Crippen LogP contribution in [0, 0.1) is 0 Å². The molecular formula is C8H18N2O. The summed E-state index contributed by atoms with van der Waals surface area (Å²) in [4.78, 5) is 2.21. The number of aliphatic hydroxyl groups is 1. The van der Waals surface area contributed by atoms with Crippen molar-refractivity contribution in [3.63, 3.8) is 0 Å². The predicted octanol–water partition coefficient (Wildman–Crippen LogP) is -0.210. The maximum Gasteiger partial charge on any atom is 0.0758 e. The van der Waals surface area contributed by atoms with Gasteiger partial charge in [-0.15, -0.1) is 0 Å². The Bertz CT molecular complexity index is 134. The SMILES string of the molecule is C[C@H](N)CN1CC[C@](C)(O)C1. The van der Waals surface area contributed by atoms with Gasteiger partial charge in [0.05, 0.1) is 5.60 Å². The highest BCUT2D eigenvalue weighted by molar-refractivity contribution is 4.86. The van der Waals surface area contributed by atoms with E-state index in [0.29, 0.717) is 0 Å². The lowest BCUT2D eigenvalue weighted by Gasteiger charge is -2.20. The van der Waals surface area contributed by atoms with Gasteiger partial charge in [0.15, 0.2) is 0 Å². The van der Waals surface area contributed by atoms with Crippen molar-refractivity contribution in [1.29, 1.82) is 0 Å². The first kappa shape index (κ1) is 8.97. The molecular weight excluding hydrogens is 140 g/mol. The third-order valence-electron chi connectivity index (χ3n) is 2.08. The van der Waals surface area contributed by atoms with Gasteiger partial charge in [0.1, 0.15) is 0 Å².